The zero-order valence-corrected chi connectivity index (χ0v) is 48.2. The van der Waals surface area contributed by atoms with Crippen LogP contribution in [0.1, 0.15) is 367 Å². The molecule has 0 bridgehead atoms. The summed E-state index contributed by atoms with van der Waals surface area (Å²) in [4.78, 5) is 24.5. The van der Waals surface area contributed by atoms with Crippen LogP contribution in [0, 0.1) is 0 Å². The zero-order valence-electron chi connectivity index (χ0n) is 48.2. The van der Waals surface area contributed by atoms with Crippen LogP contribution in [0.2, 0.25) is 0 Å². The van der Waals surface area contributed by atoms with E-state index in [0.717, 1.165) is 44.9 Å². The molecule has 0 saturated heterocycles. The number of rotatable bonds is 61. The first kappa shape index (κ1) is 69.6. The van der Waals surface area contributed by atoms with Crippen LogP contribution in [0.4, 0.5) is 0 Å². The van der Waals surface area contributed by atoms with Crippen LogP contribution in [-0.4, -0.2) is 47.4 Å². The smallest absolute Gasteiger partial charge is 0.305 e. The molecule has 71 heavy (non-hydrogen) atoms. The number of esters is 1. The average molecular weight is 1000 g/mol. The van der Waals surface area contributed by atoms with Crippen LogP contribution in [0.3, 0.4) is 0 Å². The first-order chi connectivity index (χ1) is 35.0. The highest BCUT2D eigenvalue weighted by Crippen LogP contribution is 2.18. The van der Waals surface area contributed by atoms with E-state index in [1.807, 2.05) is 0 Å². The van der Waals surface area contributed by atoms with E-state index < -0.39 is 12.1 Å². The van der Waals surface area contributed by atoms with E-state index in [2.05, 4.69) is 31.3 Å². The van der Waals surface area contributed by atoms with Gasteiger partial charge in [-0.05, 0) is 51.4 Å². The van der Waals surface area contributed by atoms with Gasteiger partial charge in [-0.2, -0.15) is 0 Å². The molecule has 2 unspecified atom stereocenters. The molecular formula is C65H127NO5. The highest BCUT2D eigenvalue weighted by atomic mass is 16.5. The Balaban J connectivity index is 3.33. The van der Waals surface area contributed by atoms with E-state index in [-0.39, 0.29) is 18.5 Å². The number of amides is 1. The third kappa shape index (κ3) is 57.7. The summed E-state index contributed by atoms with van der Waals surface area (Å²) in [5, 5.41) is 23.3. The maximum absolute atomic E-state index is 12.5. The fraction of sp³-hybridized carbons (Fsp3) is 0.938. The molecule has 0 radical (unpaired) electrons. The molecule has 0 aliphatic carbocycles. The molecule has 0 rings (SSSR count). The molecule has 0 aromatic heterocycles. The maximum Gasteiger partial charge on any atom is 0.305 e. The molecule has 6 nitrogen and oxygen atoms in total. The lowest BCUT2D eigenvalue weighted by Gasteiger charge is -2.22. The molecule has 0 saturated carbocycles. The highest BCUT2D eigenvalue weighted by Gasteiger charge is 2.20. The molecule has 0 fully saturated rings. The second-order valence-corrected chi connectivity index (χ2v) is 22.5. The number of allylic oxidation sites excluding steroid dienone is 2. The van der Waals surface area contributed by atoms with Gasteiger partial charge in [-0.25, -0.2) is 0 Å². The van der Waals surface area contributed by atoms with E-state index in [0.29, 0.717) is 25.9 Å². The third-order valence-corrected chi connectivity index (χ3v) is 15.3. The number of carbonyl (C=O) groups is 2. The Hall–Kier alpha value is -1.40. The predicted molar refractivity (Wildman–Crippen MR) is 310 cm³/mol. The predicted octanol–water partition coefficient (Wildman–Crippen LogP) is 20.4. The average Bonchev–Trinajstić information content (AvgIpc) is 3.37. The first-order valence-corrected chi connectivity index (χ1v) is 32.4. The topological polar surface area (TPSA) is 95.9 Å². The standard InChI is InChI=1S/C65H127NO5/c1-3-5-7-9-11-13-15-17-30-35-39-43-47-51-55-59-65(70)71-60-56-52-48-44-40-36-32-29-27-25-23-21-19-18-20-22-24-26-28-31-34-38-42-46-50-54-58-64(69)66-62(61-67)63(68)57-53-49-45-41-37-33-16-14-12-10-8-6-4-2/h17,30,62-63,67-68H,3-16,18-29,31-61H2,1-2H3,(H,66,69)/b30-17-. The zero-order chi connectivity index (χ0) is 51.4. The van der Waals surface area contributed by atoms with Gasteiger partial charge in [0.15, 0.2) is 0 Å². The van der Waals surface area contributed by atoms with Crippen molar-refractivity contribution in [2.45, 2.75) is 379 Å². The van der Waals surface area contributed by atoms with Crippen LogP contribution in [-0.2, 0) is 14.3 Å². The van der Waals surface area contributed by atoms with Gasteiger partial charge in [0, 0.05) is 12.8 Å². The van der Waals surface area contributed by atoms with Gasteiger partial charge < -0.3 is 20.3 Å². The maximum atomic E-state index is 12.5. The lowest BCUT2D eigenvalue weighted by molar-refractivity contribution is -0.143. The second kappa shape index (κ2) is 61.1. The number of aliphatic hydroxyl groups is 2. The third-order valence-electron chi connectivity index (χ3n) is 15.3. The molecule has 0 heterocycles. The SMILES string of the molecule is CCCCCCCC/C=C\CCCCCCCC(=O)OCCCCCCCCCCCCCCCCCCCCCCCCCCCCC(=O)NC(CO)C(O)CCCCCCCCCCCCCCC. The number of nitrogens with one attached hydrogen (secondary N) is 1. The van der Waals surface area contributed by atoms with Crippen molar-refractivity contribution in [2.24, 2.45) is 0 Å². The molecule has 2 atom stereocenters. The van der Waals surface area contributed by atoms with Crippen molar-refractivity contribution in [1.82, 2.24) is 5.32 Å². The van der Waals surface area contributed by atoms with Gasteiger partial charge in [0.25, 0.3) is 0 Å². The minimum atomic E-state index is -0.661. The van der Waals surface area contributed by atoms with Crippen molar-refractivity contribution in [3.8, 4) is 0 Å². The van der Waals surface area contributed by atoms with Crippen molar-refractivity contribution in [3.05, 3.63) is 12.2 Å². The molecule has 6 heteroatoms. The molecule has 0 aliphatic rings. The van der Waals surface area contributed by atoms with Crippen LogP contribution in [0.25, 0.3) is 0 Å². The van der Waals surface area contributed by atoms with E-state index in [1.165, 1.54) is 289 Å². The van der Waals surface area contributed by atoms with E-state index in [1.54, 1.807) is 0 Å². The Kier molecular flexibility index (Phi) is 59.9. The molecule has 3 N–H and O–H groups in total. The summed E-state index contributed by atoms with van der Waals surface area (Å²) in [6, 6.07) is -0.538. The minimum Gasteiger partial charge on any atom is -0.466 e. The van der Waals surface area contributed by atoms with Gasteiger partial charge in [0.05, 0.1) is 25.4 Å². The van der Waals surface area contributed by atoms with Crippen molar-refractivity contribution in [1.29, 1.82) is 0 Å². The number of ether oxygens (including phenoxy) is 1. The van der Waals surface area contributed by atoms with Crippen molar-refractivity contribution >= 4 is 11.9 Å². The lowest BCUT2D eigenvalue weighted by atomic mass is 10.0. The van der Waals surface area contributed by atoms with E-state index in [9.17, 15) is 19.8 Å². The summed E-state index contributed by atoms with van der Waals surface area (Å²) in [5.74, 6) is -0.0208. The first-order valence-electron chi connectivity index (χ1n) is 32.4. The molecular weight excluding hydrogens is 875 g/mol. The van der Waals surface area contributed by atoms with Crippen molar-refractivity contribution in [2.75, 3.05) is 13.2 Å². The molecule has 0 spiro atoms. The number of aliphatic hydroxyl groups excluding tert-OH is 2. The Morgan fingerprint density at radius 2 is 0.662 bits per heavy atom. The van der Waals surface area contributed by atoms with Gasteiger partial charge in [-0.1, -0.05) is 315 Å². The van der Waals surface area contributed by atoms with Gasteiger partial charge in [-0.3, -0.25) is 9.59 Å². The Labute approximate surface area is 444 Å². The van der Waals surface area contributed by atoms with Crippen LogP contribution >= 0.6 is 0 Å². The van der Waals surface area contributed by atoms with E-state index >= 15 is 0 Å². The normalized spacial score (nSPS) is 12.6. The second-order valence-electron chi connectivity index (χ2n) is 22.5. The summed E-state index contributed by atoms with van der Waals surface area (Å²) >= 11 is 0. The van der Waals surface area contributed by atoms with Gasteiger partial charge in [0.2, 0.25) is 5.91 Å². The quantitative estimate of drug-likeness (QED) is 0.0320. The van der Waals surface area contributed by atoms with Crippen LogP contribution in [0.15, 0.2) is 12.2 Å². The largest absolute Gasteiger partial charge is 0.466 e. The van der Waals surface area contributed by atoms with Crippen LogP contribution < -0.4 is 5.32 Å². The van der Waals surface area contributed by atoms with Gasteiger partial charge in [-0.15, -0.1) is 0 Å². The summed E-state index contributed by atoms with van der Waals surface area (Å²) in [5.41, 5.74) is 0. The molecule has 422 valence electrons. The Bertz CT molecular complexity index is 1060. The summed E-state index contributed by atoms with van der Waals surface area (Å²) < 4.78 is 5.49. The summed E-state index contributed by atoms with van der Waals surface area (Å²) in [6.07, 6.45) is 73.8. The Morgan fingerprint density at radius 3 is 1.00 bits per heavy atom. The molecule has 0 aromatic rings. The van der Waals surface area contributed by atoms with Gasteiger partial charge >= 0.3 is 5.97 Å². The fourth-order valence-electron chi connectivity index (χ4n) is 10.3. The number of hydrogen-bond donors (Lipinski definition) is 3. The van der Waals surface area contributed by atoms with Crippen LogP contribution in [0.5, 0.6) is 0 Å². The summed E-state index contributed by atoms with van der Waals surface area (Å²) in [7, 11) is 0. The van der Waals surface area contributed by atoms with Crippen molar-refractivity contribution < 1.29 is 24.5 Å². The number of unbranched alkanes of at least 4 members (excludes halogenated alkanes) is 48. The number of carbonyl (C=O) groups excluding carboxylic acids is 2. The fourth-order valence-corrected chi connectivity index (χ4v) is 10.3. The lowest BCUT2D eigenvalue weighted by Crippen LogP contribution is -2.45. The summed E-state index contributed by atoms with van der Waals surface area (Å²) in [6.45, 7) is 4.97. The van der Waals surface area contributed by atoms with Gasteiger partial charge in [0.1, 0.15) is 0 Å². The van der Waals surface area contributed by atoms with E-state index in [4.69, 9.17) is 4.74 Å². The molecule has 0 aromatic carbocycles. The monoisotopic (exact) mass is 1000 g/mol. The molecule has 0 aliphatic heterocycles. The molecule has 1 amide bonds. The Morgan fingerprint density at radius 1 is 0.380 bits per heavy atom. The number of hydrogen-bond acceptors (Lipinski definition) is 5. The highest BCUT2D eigenvalue weighted by molar-refractivity contribution is 5.76. The van der Waals surface area contributed by atoms with Crippen molar-refractivity contribution in [3.63, 3.8) is 0 Å². The minimum absolute atomic E-state index is 0.0100.